The molecule has 0 aliphatic carbocycles. The summed E-state index contributed by atoms with van der Waals surface area (Å²) in [5.41, 5.74) is 6.02. The van der Waals surface area contributed by atoms with Crippen LogP contribution in [0.1, 0.15) is 90.5 Å². The molecule has 5 N–H and O–H groups in total. The summed E-state index contributed by atoms with van der Waals surface area (Å²) in [5.74, 6) is -1.77. The van der Waals surface area contributed by atoms with E-state index in [0.29, 0.717) is 33.8 Å². The Bertz CT molecular complexity index is 1350. The third-order valence-corrected chi connectivity index (χ3v) is 9.97. The van der Waals surface area contributed by atoms with Gasteiger partial charge in [-0.3, -0.25) is 14.7 Å². The highest BCUT2D eigenvalue weighted by Crippen LogP contribution is 2.45. The number of likely N-dealkylation sites (tertiary alicyclic amines) is 1. The van der Waals surface area contributed by atoms with E-state index in [1.54, 1.807) is 12.1 Å². The van der Waals surface area contributed by atoms with Gasteiger partial charge in [0.05, 0.1) is 16.8 Å². The molecule has 2 amide bonds. The molecule has 14 heteroatoms. The van der Waals surface area contributed by atoms with Gasteiger partial charge in [0, 0.05) is 29.6 Å². The Morgan fingerprint density at radius 1 is 1.11 bits per heavy atom. The molecule has 2 unspecified atom stereocenters. The summed E-state index contributed by atoms with van der Waals surface area (Å²) in [7, 11) is -0.557. The smallest absolute Gasteiger partial charge is 0.258 e. The highest BCUT2D eigenvalue weighted by molar-refractivity contribution is 7.45. The molecule has 0 spiro atoms. The molecule has 2 aromatic heterocycles. The maximum Gasteiger partial charge on any atom is 0.258 e. The maximum atomic E-state index is 13.4. The van der Waals surface area contributed by atoms with Gasteiger partial charge in [-0.1, -0.05) is 18.9 Å². The van der Waals surface area contributed by atoms with E-state index in [-0.39, 0.29) is 11.4 Å². The lowest BCUT2D eigenvalue weighted by atomic mass is 9.94. The standard InChI is InChI=1S/C10H9FNO3PS.C10H17NO.C9H14FN3.CH2O/c11-9(16(14)15)5-1-2-7-6(3-5)4-8(17-7)10(12)13;12-10-7-3-1-2-5-9-6-4-8-11(9)10;1-13-4-2-7(3-5-13)9-8(10)6-11-12-9;1-2/h1-4,9,14-15H,(H2,12,13);9H,1-8H2;6-7H,2-5H2,1H3,(H,11,12);1H2. The van der Waals surface area contributed by atoms with Crippen molar-refractivity contribution in [1.29, 1.82) is 0 Å². The van der Waals surface area contributed by atoms with Crippen molar-refractivity contribution in [2.45, 2.75) is 75.7 Å². The predicted molar refractivity (Wildman–Crippen MR) is 169 cm³/mol. The average Bonchev–Trinajstić information content (AvgIpc) is 3.77. The fourth-order valence-corrected chi connectivity index (χ4v) is 7.09. The lowest BCUT2D eigenvalue weighted by molar-refractivity contribution is -0.132. The van der Waals surface area contributed by atoms with Gasteiger partial charge in [0.2, 0.25) is 14.3 Å². The Labute approximate surface area is 261 Å². The van der Waals surface area contributed by atoms with Crippen LogP contribution in [0.4, 0.5) is 8.78 Å². The summed E-state index contributed by atoms with van der Waals surface area (Å²) in [5, 5.41) is 7.12. The van der Waals surface area contributed by atoms with Crippen molar-refractivity contribution in [1.82, 2.24) is 20.0 Å². The van der Waals surface area contributed by atoms with Crippen molar-refractivity contribution in [3.8, 4) is 0 Å². The topological polar surface area (TPSA) is 153 Å². The molecule has 3 saturated heterocycles. The van der Waals surface area contributed by atoms with Gasteiger partial charge in [-0.25, -0.2) is 8.78 Å². The minimum absolute atomic E-state index is 0.183. The first-order chi connectivity index (χ1) is 21.1. The first kappa shape index (κ1) is 35.6. The molecule has 242 valence electrons. The van der Waals surface area contributed by atoms with Crippen LogP contribution in [-0.2, 0) is 9.59 Å². The first-order valence-electron chi connectivity index (χ1n) is 14.7. The molecule has 0 saturated carbocycles. The lowest BCUT2D eigenvalue weighted by Gasteiger charge is -2.28. The summed E-state index contributed by atoms with van der Waals surface area (Å²) < 4.78 is 27.3. The van der Waals surface area contributed by atoms with Crippen molar-refractivity contribution in [2.75, 3.05) is 26.7 Å². The van der Waals surface area contributed by atoms with Gasteiger partial charge >= 0.3 is 0 Å². The number of nitrogens with two attached hydrogens (primary N) is 1. The fourth-order valence-electron chi connectivity index (χ4n) is 5.77. The molecule has 6 rings (SSSR count). The molecule has 3 aliphatic heterocycles. The number of thiophene rings is 1. The molecule has 1 aromatic carbocycles. The number of piperidine rings is 1. The van der Waals surface area contributed by atoms with E-state index >= 15 is 0 Å². The fraction of sp³-hybridized carbons (Fsp3) is 0.533. The summed E-state index contributed by atoms with van der Waals surface area (Å²) in [4.78, 5) is 53.0. The van der Waals surface area contributed by atoms with Crippen LogP contribution in [0.15, 0.2) is 30.5 Å². The van der Waals surface area contributed by atoms with Gasteiger partial charge in [0.25, 0.3) is 5.91 Å². The Morgan fingerprint density at radius 2 is 1.82 bits per heavy atom. The number of H-pyrrole nitrogens is 1. The zero-order chi connectivity index (χ0) is 32.2. The second-order valence-electron chi connectivity index (χ2n) is 11.1. The van der Waals surface area contributed by atoms with Gasteiger partial charge in [-0.15, -0.1) is 11.3 Å². The predicted octanol–water partition coefficient (Wildman–Crippen LogP) is 5.38. The maximum absolute atomic E-state index is 13.4. The molecule has 0 bridgehead atoms. The van der Waals surface area contributed by atoms with Crippen LogP contribution in [0.5, 0.6) is 0 Å². The van der Waals surface area contributed by atoms with E-state index in [1.807, 2.05) is 6.79 Å². The number of carbonyl (C=O) groups excluding carboxylic acids is 3. The molecular formula is C30H42F2N5O5PS. The van der Waals surface area contributed by atoms with Crippen molar-refractivity contribution < 1.29 is 33.0 Å². The third kappa shape index (κ3) is 9.84. The van der Waals surface area contributed by atoms with Crippen molar-refractivity contribution >= 4 is 48.4 Å². The Balaban J connectivity index is 0.000000178. The summed E-state index contributed by atoms with van der Waals surface area (Å²) in [6.07, 6.45) is 11.6. The van der Waals surface area contributed by atoms with Gasteiger partial charge in [-0.2, -0.15) is 5.10 Å². The van der Waals surface area contributed by atoms with E-state index in [9.17, 15) is 18.4 Å². The lowest BCUT2D eigenvalue weighted by Crippen LogP contribution is -2.36. The van der Waals surface area contributed by atoms with E-state index in [0.717, 1.165) is 50.0 Å². The highest BCUT2D eigenvalue weighted by atomic mass is 32.1. The number of hydrogen-bond acceptors (Lipinski definition) is 8. The second kappa shape index (κ2) is 17.6. The third-order valence-electron chi connectivity index (χ3n) is 8.13. The molecule has 3 aromatic rings. The Hall–Kier alpha value is -2.83. The van der Waals surface area contributed by atoms with Crippen LogP contribution in [0, 0.1) is 5.82 Å². The summed E-state index contributed by atoms with van der Waals surface area (Å²) in [6, 6.07) is 6.77. The zero-order valence-electron chi connectivity index (χ0n) is 25.0. The number of hydrogen-bond donors (Lipinski definition) is 4. The van der Waals surface area contributed by atoms with Crippen LogP contribution in [0.2, 0.25) is 0 Å². The number of nitrogens with one attached hydrogen (secondary N) is 1. The number of carbonyl (C=O) groups is 3. The first-order valence-corrected chi connectivity index (χ1v) is 16.9. The highest BCUT2D eigenvalue weighted by Gasteiger charge is 2.29. The van der Waals surface area contributed by atoms with E-state index in [2.05, 4.69) is 27.0 Å². The molecule has 3 aliphatic rings. The SMILES string of the molecule is C=O.CN1CCC(c2[nH]ncc2F)CC1.NC(=O)c1cc2cc(C(F)P(O)O)ccc2s1.O=C1CCCCCC2CCCN12. The van der Waals surface area contributed by atoms with Gasteiger partial charge in [0.1, 0.15) is 6.79 Å². The minimum atomic E-state index is -2.65. The molecular weight excluding hydrogens is 611 g/mol. The number of amides is 2. The van der Waals surface area contributed by atoms with Crippen LogP contribution >= 0.6 is 19.7 Å². The van der Waals surface area contributed by atoms with E-state index < -0.39 is 20.2 Å². The van der Waals surface area contributed by atoms with Crippen LogP contribution in [-0.4, -0.2) is 81.1 Å². The van der Waals surface area contributed by atoms with E-state index in [4.69, 9.17) is 20.3 Å². The number of alkyl halides is 1. The number of aromatic nitrogens is 2. The normalized spacial score (nSPS) is 19.8. The summed E-state index contributed by atoms with van der Waals surface area (Å²) in [6.45, 7) is 5.12. The molecule has 3 fully saturated rings. The molecule has 5 heterocycles. The Kier molecular flexibility index (Phi) is 14.3. The van der Waals surface area contributed by atoms with Crippen molar-refractivity contribution in [3.63, 3.8) is 0 Å². The van der Waals surface area contributed by atoms with Gasteiger partial charge < -0.3 is 30.1 Å². The molecule has 44 heavy (non-hydrogen) atoms. The summed E-state index contributed by atoms with van der Waals surface area (Å²) >= 11 is 1.22. The number of aromatic amines is 1. The number of benzene rings is 1. The van der Waals surface area contributed by atoms with E-state index in [1.165, 1.54) is 61.8 Å². The largest absolute Gasteiger partial charge is 0.365 e. The Morgan fingerprint density at radius 3 is 2.45 bits per heavy atom. The quantitative estimate of drug-likeness (QED) is 0.276. The van der Waals surface area contributed by atoms with Gasteiger partial charge in [-0.05, 0) is 87.8 Å². The number of primary amides is 1. The van der Waals surface area contributed by atoms with Crippen LogP contribution in [0.3, 0.4) is 0 Å². The number of rotatable bonds is 4. The zero-order valence-corrected chi connectivity index (χ0v) is 26.7. The average molecular weight is 654 g/mol. The minimum Gasteiger partial charge on any atom is -0.365 e. The molecule has 10 nitrogen and oxygen atoms in total. The van der Waals surface area contributed by atoms with Crippen molar-refractivity contribution in [3.05, 3.63) is 52.4 Å². The number of halogens is 2. The second-order valence-corrected chi connectivity index (χ2v) is 13.3. The molecule has 2 atom stereocenters. The van der Waals surface area contributed by atoms with Gasteiger partial charge in [0.15, 0.2) is 11.7 Å². The number of fused-ring (bicyclic) bond motifs is 2. The monoisotopic (exact) mass is 653 g/mol. The van der Waals surface area contributed by atoms with Crippen LogP contribution < -0.4 is 5.73 Å². The van der Waals surface area contributed by atoms with Crippen LogP contribution in [0.25, 0.3) is 10.1 Å². The van der Waals surface area contributed by atoms with Crippen molar-refractivity contribution in [2.24, 2.45) is 5.73 Å². The molecule has 0 radical (unpaired) electrons. The number of nitrogens with zero attached hydrogens (tertiary/aromatic N) is 3.